The molecule has 4 rings (SSSR count). The van der Waals surface area contributed by atoms with Gasteiger partial charge in [-0.05, 0) is 18.2 Å². The second-order valence-electron chi connectivity index (χ2n) is 5.79. The van der Waals surface area contributed by atoms with Crippen molar-refractivity contribution in [2.45, 2.75) is 13.0 Å². The van der Waals surface area contributed by atoms with E-state index in [4.69, 9.17) is 4.42 Å². The Morgan fingerprint density at radius 3 is 3.04 bits per heavy atom. The number of anilines is 1. The van der Waals surface area contributed by atoms with Crippen molar-refractivity contribution in [1.29, 1.82) is 0 Å². The van der Waals surface area contributed by atoms with E-state index in [1.807, 2.05) is 0 Å². The minimum atomic E-state index is -0.358. The van der Waals surface area contributed by atoms with Gasteiger partial charge in [-0.15, -0.1) is 0 Å². The van der Waals surface area contributed by atoms with Gasteiger partial charge in [-0.25, -0.2) is 9.97 Å². The number of carbonyl (C=O) groups excluding carboxylic acids is 2. The Morgan fingerprint density at radius 2 is 2.26 bits per heavy atom. The van der Waals surface area contributed by atoms with Gasteiger partial charge in [0, 0.05) is 36.3 Å². The van der Waals surface area contributed by atoms with Crippen molar-refractivity contribution >= 4 is 34.4 Å². The monoisotopic (exact) mass is 381 g/mol. The predicted molar refractivity (Wildman–Crippen MR) is 99.0 cm³/mol. The van der Waals surface area contributed by atoms with Gasteiger partial charge in [-0.3, -0.25) is 19.9 Å². The highest BCUT2D eigenvalue weighted by Crippen LogP contribution is 2.28. The molecular weight excluding hydrogens is 366 g/mol. The van der Waals surface area contributed by atoms with E-state index in [0.29, 0.717) is 30.4 Å². The lowest BCUT2D eigenvalue weighted by Crippen LogP contribution is -2.34. The van der Waals surface area contributed by atoms with Gasteiger partial charge < -0.3 is 9.32 Å². The predicted octanol–water partition coefficient (Wildman–Crippen LogP) is 2.38. The van der Waals surface area contributed by atoms with Crippen molar-refractivity contribution in [3.63, 3.8) is 0 Å². The molecule has 4 heterocycles. The van der Waals surface area contributed by atoms with Crippen molar-refractivity contribution < 1.29 is 14.0 Å². The average molecular weight is 381 g/mol. The number of carbonyl (C=O) groups is 2. The molecule has 0 atom stereocenters. The number of rotatable bonds is 4. The standard InChI is InChI=1S/C18H15N5O3S/c24-16(4-3-12-2-1-9-26-12)23-8-5-13-15(11-23)27-18(21-13)22-17(25)14-10-19-6-7-20-14/h1-4,6-7,9-10H,5,8,11H2,(H,21,22,25)/b4-3+. The minimum Gasteiger partial charge on any atom is -0.465 e. The molecule has 9 heteroatoms. The van der Waals surface area contributed by atoms with E-state index in [0.717, 1.165) is 10.6 Å². The molecule has 3 aromatic heterocycles. The molecule has 0 spiro atoms. The number of aromatic nitrogens is 3. The maximum atomic E-state index is 12.4. The summed E-state index contributed by atoms with van der Waals surface area (Å²) in [7, 11) is 0. The van der Waals surface area contributed by atoms with Crippen LogP contribution in [-0.2, 0) is 17.8 Å². The van der Waals surface area contributed by atoms with E-state index >= 15 is 0 Å². The SMILES string of the molecule is O=C(Nc1nc2c(s1)CN(C(=O)/C=C/c1ccco1)CC2)c1cnccn1. The normalized spacial score (nSPS) is 13.6. The third-order valence-electron chi connectivity index (χ3n) is 3.99. The molecule has 0 bridgehead atoms. The lowest BCUT2D eigenvalue weighted by Gasteiger charge is -2.24. The summed E-state index contributed by atoms with van der Waals surface area (Å²) in [6, 6.07) is 3.55. The fraction of sp³-hybridized carbons (Fsp3) is 0.167. The van der Waals surface area contributed by atoms with Crippen molar-refractivity contribution in [1.82, 2.24) is 19.9 Å². The first-order valence-electron chi connectivity index (χ1n) is 8.25. The van der Waals surface area contributed by atoms with Crippen LogP contribution in [0.4, 0.5) is 5.13 Å². The zero-order chi connectivity index (χ0) is 18.6. The molecule has 0 unspecified atom stereocenters. The summed E-state index contributed by atoms with van der Waals surface area (Å²) in [6.45, 7) is 1.05. The summed E-state index contributed by atoms with van der Waals surface area (Å²) in [5, 5.41) is 3.24. The minimum absolute atomic E-state index is 0.0874. The first kappa shape index (κ1) is 17.1. The van der Waals surface area contributed by atoms with Crippen LogP contribution in [-0.4, -0.2) is 38.2 Å². The lowest BCUT2D eigenvalue weighted by atomic mass is 10.2. The Bertz CT molecular complexity index is 982. The van der Waals surface area contributed by atoms with Gasteiger partial charge in [0.25, 0.3) is 5.91 Å². The smallest absolute Gasteiger partial charge is 0.277 e. The Kier molecular flexibility index (Phi) is 4.75. The summed E-state index contributed by atoms with van der Waals surface area (Å²) in [5.41, 5.74) is 1.14. The van der Waals surface area contributed by atoms with Crippen LogP contribution >= 0.6 is 11.3 Å². The molecule has 2 amide bonds. The fourth-order valence-corrected chi connectivity index (χ4v) is 3.68. The van der Waals surface area contributed by atoms with Crippen LogP contribution in [0.2, 0.25) is 0 Å². The summed E-state index contributed by atoms with van der Waals surface area (Å²) >= 11 is 1.37. The van der Waals surface area contributed by atoms with Crippen LogP contribution in [0.1, 0.15) is 26.8 Å². The molecule has 0 saturated carbocycles. The van der Waals surface area contributed by atoms with Crippen LogP contribution in [0, 0.1) is 0 Å². The van der Waals surface area contributed by atoms with Gasteiger partial charge in [0.1, 0.15) is 11.5 Å². The van der Waals surface area contributed by atoms with Crippen molar-refractivity contribution in [3.8, 4) is 0 Å². The number of nitrogens with zero attached hydrogens (tertiary/aromatic N) is 4. The molecule has 1 aliphatic rings. The number of nitrogens with one attached hydrogen (secondary N) is 1. The Labute approximate surface area is 158 Å². The number of furan rings is 1. The van der Waals surface area contributed by atoms with Gasteiger partial charge in [0.15, 0.2) is 5.13 Å². The van der Waals surface area contributed by atoms with E-state index in [2.05, 4.69) is 20.3 Å². The molecule has 3 aromatic rings. The number of thiazole rings is 1. The molecule has 0 fully saturated rings. The first-order chi connectivity index (χ1) is 13.2. The van der Waals surface area contributed by atoms with Crippen molar-refractivity contribution in [3.05, 3.63) is 65.1 Å². The Morgan fingerprint density at radius 1 is 1.33 bits per heavy atom. The van der Waals surface area contributed by atoms with E-state index in [-0.39, 0.29) is 17.5 Å². The highest BCUT2D eigenvalue weighted by atomic mass is 32.1. The third-order valence-corrected chi connectivity index (χ3v) is 4.99. The molecule has 8 nitrogen and oxygen atoms in total. The first-order valence-corrected chi connectivity index (χ1v) is 9.07. The maximum absolute atomic E-state index is 12.4. The molecule has 0 aliphatic carbocycles. The molecule has 1 N–H and O–H groups in total. The molecule has 0 saturated heterocycles. The number of hydrogen-bond donors (Lipinski definition) is 1. The van der Waals surface area contributed by atoms with Crippen LogP contribution in [0.3, 0.4) is 0 Å². The molecular formula is C18H15N5O3S. The molecule has 0 radical (unpaired) electrons. The number of fused-ring (bicyclic) bond motifs is 1. The Hall–Kier alpha value is -3.33. The van der Waals surface area contributed by atoms with Crippen LogP contribution in [0.5, 0.6) is 0 Å². The summed E-state index contributed by atoms with van der Waals surface area (Å²) < 4.78 is 5.19. The van der Waals surface area contributed by atoms with Gasteiger partial charge >= 0.3 is 0 Å². The second-order valence-corrected chi connectivity index (χ2v) is 6.88. The van der Waals surface area contributed by atoms with Gasteiger partial charge in [-0.2, -0.15) is 0 Å². The zero-order valence-corrected chi connectivity index (χ0v) is 15.0. The van der Waals surface area contributed by atoms with Gasteiger partial charge in [0.05, 0.1) is 24.7 Å². The quantitative estimate of drug-likeness (QED) is 0.696. The van der Waals surface area contributed by atoms with E-state index in [1.54, 1.807) is 29.4 Å². The number of amides is 2. The van der Waals surface area contributed by atoms with E-state index in [9.17, 15) is 9.59 Å². The van der Waals surface area contributed by atoms with E-state index < -0.39 is 0 Å². The fourth-order valence-electron chi connectivity index (χ4n) is 2.66. The maximum Gasteiger partial charge on any atom is 0.277 e. The average Bonchev–Trinajstić information content (AvgIpc) is 3.35. The van der Waals surface area contributed by atoms with Crippen LogP contribution < -0.4 is 5.32 Å². The van der Waals surface area contributed by atoms with Crippen molar-refractivity contribution in [2.75, 3.05) is 11.9 Å². The summed E-state index contributed by atoms with van der Waals surface area (Å²) in [4.78, 5) is 39.6. The zero-order valence-electron chi connectivity index (χ0n) is 14.2. The molecule has 136 valence electrons. The number of hydrogen-bond acceptors (Lipinski definition) is 7. The molecule has 27 heavy (non-hydrogen) atoms. The van der Waals surface area contributed by atoms with Gasteiger partial charge in [-0.1, -0.05) is 11.3 Å². The van der Waals surface area contributed by atoms with Crippen molar-refractivity contribution in [2.24, 2.45) is 0 Å². The largest absolute Gasteiger partial charge is 0.465 e. The summed E-state index contributed by atoms with van der Waals surface area (Å²) in [5.74, 6) is 0.187. The van der Waals surface area contributed by atoms with E-state index in [1.165, 1.54) is 36.0 Å². The van der Waals surface area contributed by atoms with Crippen LogP contribution in [0.15, 0.2) is 47.5 Å². The topological polar surface area (TPSA) is 101 Å². The lowest BCUT2D eigenvalue weighted by molar-refractivity contribution is -0.126. The highest BCUT2D eigenvalue weighted by molar-refractivity contribution is 7.15. The summed E-state index contributed by atoms with van der Waals surface area (Å²) in [6.07, 6.45) is 9.72. The molecule has 0 aromatic carbocycles. The Balaban J connectivity index is 1.41. The molecule has 1 aliphatic heterocycles. The second kappa shape index (κ2) is 7.50. The van der Waals surface area contributed by atoms with Gasteiger partial charge in [0.2, 0.25) is 5.91 Å². The third kappa shape index (κ3) is 3.93. The highest BCUT2D eigenvalue weighted by Gasteiger charge is 2.23. The van der Waals surface area contributed by atoms with Crippen LogP contribution in [0.25, 0.3) is 6.08 Å².